The summed E-state index contributed by atoms with van der Waals surface area (Å²) in [5, 5.41) is 24.3. The summed E-state index contributed by atoms with van der Waals surface area (Å²) in [6.45, 7) is -0.0242. The monoisotopic (exact) mass is 391 g/mol. The lowest BCUT2D eigenvalue weighted by Crippen LogP contribution is -2.32. The summed E-state index contributed by atoms with van der Waals surface area (Å²) < 4.78 is 18.6. The fraction of sp³-hybridized carbons (Fsp3) is 0.0909. The van der Waals surface area contributed by atoms with Crippen LogP contribution in [0.1, 0.15) is 17.2 Å². The van der Waals surface area contributed by atoms with E-state index in [2.05, 4.69) is 16.7 Å². The van der Waals surface area contributed by atoms with Gasteiger partial charge in [-0.1, -0.05) is 24.3 Å². The molecule has 29 heavy (non-hydrogen) atoms. The highest BCUT2D eigenvalue weighted by Gasteiger charge is 2.10. The van der Waals surface area contributed by atoms with Crippen LogP contribution >= 0.6 is 0 Å². The third-order valence-corrected chi connectivity index (χ3v) is 4.06. The van der Waals surface area contributed by atoms with Crippen molar-refractivity contribution in [1.29, 1.82) is 5.26 Å². The summed E-state index contributed by atoms with van der Waals surface area (Å²) in [5.41, 5.74) is 1.46. The molecule has 0 aromatic heterocycles. The molecular formula is C22H18FN3O3. The number of ether oxygens (including phenoxy) is 1. The number of amides is 2. The average Bonchev–Trinajstić information content (AvgIpc) is 2.74. The van der Waals surface area contributed by atoms with E-state index in [1.54, 1.807) is 48.5 Å². The van der Waals surface area contributed by atoms with Crippen LogP contribution in [0.4, 0.5) is 14.9 Å². The van der Waals surface area contributed by atoms with Crippen LogP contribution in [-0.2, 0) is 0 Å². The van der Waals surface area contributed by atoms with Crippen molar-refractivity contribution >= 4 is 11.7 Å². The molecule has 2 amide bonds. The highest BCUT2D eigenvalue weighted by atomic mass is 19.1. The highest BCUT2D eigenvalue weighted by molar-refractivity contribution is 5.89. The van der Waals surface area contributed by atoms with Crippen LogP contribution in [0.3, 0.4) is 0 Å². The van der Waals surface area contributed by atoms with E-state index < -0.39 is 18.0 Å². The number of para-hydroxylation sites is 1. The maximum Gasteiger partial charge on any atom is 0.319 e. The molecule has 0 saturated carbocycles. The number of aliphatic hydroxyl groups is 1. The highest BCUT2D eigenvalue weighted by Crippen LogP contribution is 2.25. The molecule has 1 atom stereocenters. The Morgan fingerprint density at radius 2 is 1.76 bits per heavy atom. The first-order valence-corrected chi connectivity index (χ1v) is 8.80. The smallest absolute Gasteiger partial charge is 0.319 e. The van der Waals surface area contributed by atoms with Gasteiger partial charge in [0.1, 0.15) is 23.4 Å². The third kappa shape index (κ3) is 5.54. The zero-order valence-electron chi connectivity index (χ0n) is 15.3. The summed E-state index contributed by atoms with van der Waals surface area (Å²) in [4.78, 5) is 12.0. The zero-order chi connectivity index (χ0) is 20.6. The first-order valence-electron chi connectivity index (χ1n) is 8.80. The van der Waals surface area contributed by atoms with E-state index in [-0.39, 0.29) is 6.54 Å². The summed E-state index contributed by atoms with van der Waals surface area (Å²) in [7, 11) is 0. The van der Waals surface area contributed by atoms with Crippen molar-refractivity contribution in [2.75, 3.05) is 11.9 Å². The van der Waals surface area contributed by atoms with Crippen molar-refractivity contribution in [3.63, 3.8) is 0 Å². The number of rotatable bonds is 6. The van der Waals surface area contributed by atoms with Gasteiger partial charge in [0.25, 0.3) is 0 Å². The van der Waals surface area contributed by atoms with E-state index in [0.29, 0.717) is 28.3 Å². The van der Waals surface area contributed by atoms with Gasteiger partial charge in [-0.05, 0) is 54.1 Å². The molecule has 0 radical (unpaired) electrons. The number of nitrogens with zero attached hydrogens (tertiary/aromatic N) is 1. The van der Waals surface area contributed by atoms with Gasteiger partial charge < -0.3 is 20.5 Å². The minimum Gasteiger partial charge on any atom is -0.456 e. The molecule has 0 bridgehead atoms. The number of nitrogens with one attached hydrogen (secondary N) is 2. The Kier molecular flexibility index (Phi) is 6.40. The van der Waals surface area contributed by atoms with Crippen LogP contribution in [0.5, 0.6) is 11.5 Å². The summed E-state index contributed by atoms with van der Waals surface area (Å²) in [6.07, 6.45) is -0.947. The van der Waals surface area contributed by atoms with E-state index in [1.807, 2.05) is 0 Å². The van der Waals surface area contributed by atoms with E-state index in [1.165, 1.54) is 24.3 Å². The van der Waals surface area contributed by atoms with Crippen molar-refractivity contribution in [2.45, 2.75) is 6.10 Å². The van der Waals surface area contributed by atoms with Crippen LogP contribution in [0, 0.1) is 17.1 Å². The molecule has 146 valence electrons. The molecule has 3 N–H and O–H groups in total. The number of anilines is 1. The molecule has 0 saturated heterocycles. The van der Waals surface area contributed by atoms with Gasteiger partial charge in [-0.3, -0.25) is 0 Å². The Hall–Kier alpha value is -3.89. The number of hydrogen-bond donors (Lipinski definition) is 3. The van der Waals surface area contributed by atoms with Gasteiger partial charge in [0.15, 0.2) is 0 Å². The first kappa shape index (κ1) is 19.9. The van der Waals surface area contributed by atoms with Crippen LogP contribution in [0.15, 0.2) is 72.8 Å². The molecule has 0 aliphatic rings. The van der Waals surface area contributed by atoms with Crippen molar-refractivity contribution in [3.8, 4) is 17.6 Å². The summed E-state index contributed by atoms with van der Waals surface area (Å²) >= 11 is 0. The molecule has 0 spiro atoms. The van der Waals surface area contributed by atoms with Gasteiger partial charge in [-0.25, -0.2) is 9.18 Å². The Labute approximate surface area is 167 Å². The molecule has 3 aromatic carbocycles. The number of urea groups is 1. The molecule has 0 aliphatic heterocycles. The lowest BCUT2D eigenvalue weighted by atomic mass is 10.1. The van der Waals surface area contributed by atoms with Crippen LogP contribution in [0.2, 0.25) is 0 Å². The minimum absolute atomic E-state index is 0.0242. The van der Waals surface area contributed by atoms with E-state index in [0.717, 1.165) is 0 Å². The quantitative estimate of drug-likeness (QED) is 0.582. The second-order valence-electron chi connectivity index (χ2n) is 6.14. The first-order chi connectivity index (χ1) is 14.0. The fourth-order valence-electron chi connectivity index (χ4n) is 2.55. The summed E-state index contributed by atoms with van der Waals surface area (Å²) in [5.74, 6) is 0.573. The Morgan fingerprint density at radius 1 is 1.07 bits per heavy atom. The van der Waals surface area contributed by atoms with E-state index in [9.17, 15) is 14.3 Å². The predicted molar refractivity (Wildman–Crippen MR) is 106 cm³/mol. The minimum atomic E-state index is -0.947. The van der Waals surface area contributed by atoms with Gasteiger partial charge >= 0.3 is 6.03 Å². The molecular weight excluding hydrogens is 373 g/mol. The molecule has 7 heteroatoms. The zero-order valence-corrected chi connectivity index (χ0v) is 15.3. The van der Waals surface area contributed by atoms with Crippen LogP contribution < -0.4 is 15.4 Å². The number of carbonyl (C=O) groups excluding carboxylic acids is 1. The summed E-state index contributed by atoms with van der Waals surface area (Å²) in [6, 6.07) is 20.5. The van der Waals surface area contributed by atoms with Crippen LogP contribution in [0.25, 0.3) is 0 Å². The standard InChI is InChI=1S/C22H18FN3O3/c23-17-7-5-15(6-8-17)20(27)14-25-22(28)26-18-9-11-19(12-10-18)29-21-4-2-1-3-16(21)13-24/h1-12,20,27H,14H2,(H2,25,26,28). The van der Waals surface area contributed by atoms with E-state index >= 15 is 0 Å². The molecule has 0 fully saturated rings. The average molecular weight is 391 g/mol. The normalized spacial score (nSPS) is 11.2. The van der Waals surface area contributed by atoms with Gasteiger partial charge in [0.05, 0.1) is 11.7 Å². The SMILES string of the molecule is N#Cc1ccccc1Oc1ccc(NC(=O)NCC(O)c2ccc(F)cc2)cc1. The third-order valence-electron chi connectivity index (χ3n) is 4.06. The number of nitriles is 1. The van der Waals surface area contributed by atoms with Gasteiger partial charge in [0.2, 0.25) is 0 Å². The maximum atomic E-state index is 12.9. The molecule has 3 rings (SSSR count). The van der Waals surface area contributed by atoms with Crippen LogP contribution in [-0.4, -0.2) is 17.7 Å². The largest absolute Gasteiger partial charge is 0.456 e. The molecule has 3 aromatic rings. The fourth-order valence-corrected chi connectivity index (χ4v) is 2.55. The van der Waals surface area contributed by atoms with E-state index in [4.69, 9.17) is 10.00 Å². The number of benzene rings is 3. The van der Waals surface area contributed by atoms with Crippen molar-refractivity contribution in [3.05, 3.63) is 89.7 Å². The second kappa shape index (κ2) is 9.35. The van der Waals surface area contributed by atoms with Crippen molar-refractivity contribution < 1.29 is 19.0 Å². The van der Waals surface area contributed by atoms with Gasteiger partial charge in [0, 0.05) is 12.2 Å². The predicted octanol–water partition coefficient (Wildman–Crippen LogP) is 4.34. The van der Waals surface area contributed by atoms with Gasteiger partial charge in [-0.2, -0.15) is 5.26 Å². The molecule has 6 nitrogen and oxygen atoms in total. The Morgan fingerprint density at radius 3 is 2.45 bits per heavy atom. The molecule has 0 aliphatic carbocycles. The lowest BCUT2D eigenvalue weighted by molar-refractivity contribution is 0.175. The number of hydrogen-bond acceptors (Lipinski definition) is 4. The van der Waals surface area contributed by atoms with Crippen molar-refractivity contribution in [1.82, 2.24) is 5.32 Å². The molecule has 1 unspecified atom stereocenters. The Bertz CT molecular complexity index is 1010. The number of carbonyl (C=O) groups is 1. The van der Waals surface area contributed by atoms with Crippen molar-refractivity contribution in [2.24, 2.45) is 0 Å². The lowest BCUT2D eigenvalue weighted by Gasteiger charge is -2.13. The maximum absolute atomic E-state index is 12.9. The van der Waals surface area contributed by atoms with Gasteiger partial charge in [-0.15, -0.1) is 0 Å². The number of aliphatic hydroxyl groups excluding tert-OH is 1. The topological polar surface area (TPSA) is 94.4 Å². The molecule has 0 heterocycles. The Balaban J connectivity index is 1.52. The second-order valence-corrected chi connectivity index (χ2v) is 6.14. The number of halogens is 1.